The van der Waals surface area contributed by atoms with Gasteiger partial charge in [0.1, 0.15) is 17.0 Å². The SMILES string of the molecule is COC(=O)[C@]12OC3C[C@]14C[C@H](O)C(C)(C)OC4=C(C(C)=O)[C@@]2(O)C3(C)C. The minimum atomic E-state index is -1.89. The first-order chi connectivity index (χ1) is 11.8. The average molecular weight is 366 g/mol. The fourth-order valence-corrected chi connectivity index (χ4v) is 5.83. The van der Waals surface area contributed by atoms with Crippen LogP contribution >= 0.6 is 0 Å². The second-order valence-corrected chi connectivity index (χ2v) is 9.18. The number of ketones is 1. The Balaban J connectivity index is 2.10. The van der Waals surface area contributed by atoms with Crippen LogP contribution in [0.3, 0.4) is 0 Å². The highest BCUT2D eigenvalue weighted by Crippen LogP contribution is 2.78. The zero-order valence-corrected chi connectivity index (χ0v) is 16.0. The first-order valence-corrected chi connectivity index (χ1v) is 8.95. The van der Waals surface area contributed by atoms with Gasteiger partial charge >= 0.3 is 5.97 Å². The highest BCUT2D eigenvalue weighted by Gasteiger charge is 2.92. The first-order valence-electron chi connectivity index (χ1n) is 8.95. The van der Waals surface area contributed by atoms with Crippen molar-refractivity contribution in [1.29, 1.82) is 0 Å². The number of esters is 1. The van der Waals surface area contributed by atoms with E-state index in [1.807, 2.05) is 0 Å². The zero-order chi connectivity index (χ0) is 19.5. The quantitative estimate of drug-likeness (QED) is 0.699. The summed E-state index contributed by atoms with van der Waals surface area (Å²) >= 11 is 0. The number of carbonyl (C=O) groups excluding carboxylic acids is 2. The number of hydrogen-bond donors (Lipinski definition) is 2. The molecule has 5 atom stereocenters. The molecular weight excluding hydrogens is 340 g/mol. The largest absolute Gasteiger partial charge is 0.488 e. The number of aliphatic hydroxyl groups excluding tert-OH is 1. The van der Waals surface area contributed by atoms with Gasteiger partial charge in [0.2, 0.25) is 5.60 Å². The summed E-state index contributed by atoms with van der Waals surface area (Å²) < 4.78 is 17.3. The highest BCUT2D eigenvalue weighted by atomic mass is 16.6. The first kappa shape index (κ1) is 17.9. The lowest BCUT2D eigenvalue weighted by Crippen LogP contribution is -2.70. The van der Waals surface area contributed by atoms with Gasteiger partial charge in [0, 0.05) is 5.41 Å². The van der Waals surface area contributed by atoms with Gasteiger partial charge in [-0.15, -0.1) is 0 Å². The van der Waals surface area contributed by atoms with Crippen molar-refractivity contribution >= 4 is 11.8 Å². The second-order valence-electron chi connectivity index (χ2n) is 9.18. The fourth-order valence-electron chi connectivity index (χ4n) is 5.83. The van der Waals surface area contributed by atoms with Gasteiger partial charge < -0.3 is 24.4 Å². The van der Waals surface area contributed by atoms with Crippen LogP contribution in [-0.4, -0.2) is 58.1 Å². The van der Waals surface area contributed by atoms with E-state index < -0.39 is 45.8 Å². The lowest BCUT2D eigenvalue weighted by molar-refractivity contribution is -0.214. The molecule has 2 bridgehead atoms. The van der Waals surface area contributed by atoms with Crippen LogP contribution in [0.25, 0.3) is 0 Å². The van der Waals surface area contributed by atoms with Gasteiger partial charge in [-0.3, -0.25) is 4.79 Å². The van der Waals surface area contributed by atoms with Crippen molar-refractivity contribution in [2.75, 3.05) is 7.11 Å². The predicted octanol–water partition coefficient (Wildman–Crippen LogP) is 0.861. The Morgan fingerprint density at radius 2 is 1.81 bits per heavy atom. The van der Waals surface area contributed by atoms with E-state index in [-0.39, 0.29) is 23.5 Å². The van der Waals surface area contributed by atoms with E-state index in [0.717, 1.165) is 0 Å². The third-order valence-corrected chi connectivity index (χ3v) is 7.33. The molecule has 3 saturated heterocycles. The number of carbonyl (C=O) groups is 2. The van der Waals surface area contributed by atoms with Gasteiger partial charge in [-0.25, -0.2) is 4.79 Å². The van der Waals surface area contributed by atoms with Gasteiger partial charge in [0.05, 0.1) is 30.3 Å². The smallest absolute Gasteiger partial charge is 0.342 e. The molecule has 0 amide bonds. The van der Waals surface area contributed by atoms with Crippen molar-refractivity contribution in [2.45, 2.75) is 76.5 Å². The number of aliphatic hydroxyl groups is 2. The lowest BCUT2D eigenvalue weighted by atomic mass is 9.51. The number of hydrogen-bond acceptors (Lipinski definition) is 7. The number of methoxy groups -OCH3 is 1. The second kappa shape index (κ2) is 4.51. The summed E-state index contributed by atoms with van der Waals surface area (Å²) in [6.07, 6.45) is -0.850. The molecule has 3 fully saturated rings. The zero-order valence-electron chi connectivity index (χ0n) is 16.0. The van der Waals surface area contributed by atoms with E-state index in [1.165, 1.54) is 14.0 Å². The third-order valence-electron chi connectivity index (χ3n) is 7.33. The molecule has 2 N–H and O–H groups in total. The predicted molar refractivity (Wildman–Crippen MR) is 88.9 cm³/mol. The molecule has 1 spiro atoms. The molecule has 3 heterocycles. The molecule has 1 unspecified atom stereocenters. The van der Waals surface area contributed by atoms with Crippen molar-refractivity contribution in [3.63, 3.8) is 0 Å². The van der Waals surface area contributed by atoms with Gasteiger partial charge in [-0.1, -0.05) is 13.8 Å². The molecule has 0 aromatic rings. The van der Waals surface area contributed by atoms with Gasteiger partial charge in [-0.2, -0.15) is 0 Å². The lowest BCUT2D eigenvalue weighted by Gasteiger charge is -2.53. The van der Waals surface area contributed by atoms with Gasteiger partial charge in [0.25, 0.3) is 0 Å². The third kappa shape index (κ3) is 1.43. The molecule has 4 rings (SSSR count). The molecule has 1 aliphatic carbocycles. The molecule has 0 aromatic carbocycles. The number of rotatable bonds is 2. The Hall–Kier alpha value is -1.44. The van der Waals surface area contributed by atoms with Crippen molar-refractivity contribution in [1.82, 2.24) is 0 Å². The van der Waals surface area contributed by atoms with Crippen LogP contribution < -0.4 is 0 Å². The maximum atomic E-state index is 13.1. The Bertz CT molecular complexity index is 766. The van der Waals surface area contributed by atoms with Crippen molar-refractivity contribution < 1.29 is 34.0 Å². The topological polar surface area (TPSA) is 102 Å². The van der Waals surface area contributed by atoms with Crippen LogP contribution in [0.5, 0.6) is 0 Å². The molecule has 7 nitrogen and oxygen atoms in total. The summed E-state index contributed by atoms with van der Waals surface area (Å²) in [5.74, 6) is -0.831. The van der Waals surface area contributed by atoms with E-state index in [2.05, 4.69) is 0 Å². The maximum Gasteiger partial charge on any atom is 0.342 e. The summed E-state index contributed by atoms with van der Waals surface area (Å²) in [6, 6.07) is 0. The molecule has 0 radical (unpaired) electrons. The minimum absolute atomic E-state index is 0.0767. The Labute approximate surface area is 152 Å². The molecule has 0 aromatic heterocycles. The Morgan fingerprint density at radius 1 is 1.19 bits per heavy atom. The Kier molecular flexibility index (Phi) is 3.11. The monoisotopic (exact) mass is 366 g/mol. The van der Waals surface area contributed by atoms with Gasteiger partial charge in [0.15, 0.2) is 5.78 Å². The molecular formula is C19H26O7. The van der Waals surface area contributed by atoms with Gasteiger partial charge in [-0.05, 0) is 33.6 Å². The molecule has 0 saturated carbocycles. The molecule has 3 aliphatic heterocycles. The van der Waals surface area contributed by atoms with Crippen LogP contribution in [-0.2, 0) is 23.8 Å². The van der Waals surface area contributed by atoms with Crippen LogP contribution in [0.1, 0.15) is 47.5 Å². The molecule has 144 valence electrons. The highest BCUT2D eigenvalue weighted by molar-refractivity contribution is 6.02. The van der Waals surface area contributed by atoms with E-state index in [1.54, 1.807) is 27.7 Å². The van der Waals surface area contributed by atoms with Crippen LogP contribution in [0.4, 0.5) is 0 Å². The van der Waals surface area contributed by atoms with Crippen LogP contribution in [0.2, 0.25) is 0 Å². The van der Waals surface area contributed by atoms with E-state index in [4.69, 9.17) is 14.2 Å². The standard InChI is InChI=1S/C19H26O7/c1-9(20)12-13-17(7-10(21)16(4,5)26-13)8-11-15(2,3)18(12,23)19(17,25-11)14(22)24-6/h10-11,21,23H,7-8H2,1-6H3/t10-,11?,17-,18+,19-/m0/s1. The molecule has 26 heavy (non-hydrogen) atoms. The number of fused-ring (bicyclic) bond motifs is 1. The summed E-state index contributed by atoms with van der Waals surface area (Å²) in [6.45, 7) is 8.38. The average Bonchev–Trinajstić information content (AvgIpc) is 3.00. The number of ether oxygens (including phenoxy) is 3. The minimum Gasteiger partial charge on any atom is -0.488 e. The van der Waals surface area contributed by atoms with E-state index >= 15 is 0 Å². The van der Waals surface area contributed by atoms with Crippen molar-refractivity contribution in [3.05, 3.63) is 11.3 Å². The normalized spacial score (nSPS) is 46.8. The van der Waals surface area contributed by atoms with Crippen LogP contribution in [0, 0.1) is 10.8 Å². The molecule has 7 heteroatoms. The summed E-state index contributed by atoms with van der Waals surface area (Å²) in [5.41, 5.74) is -6.59. The van der Waals surface area contributed by atoms with Crippen molar-refractivity contribution in [3.8, 4) is 0 Å². The summed E-state index contributed by atoms with van der Waals surface area (Å²) in [7, 11) is 1.23. The Morgan fingerprint density at radius 3 is 2.35 bits per heavy atom. The number of Topliss-reactive ketones (excluding diaryl/α,β-unsaturated/α-hetero) is 1. The van der Waals surface area contributed by atoms with E-state index in [0.29, 0.717) is 6.42 Å². The molecule has 4 aliphatic rings. The van der Waals surface area contributed by atoms with Crippen LogP contribution in [0.15, 0.2) is 11.3 Å². The fraction of sp³-hybridized carbons (Fsp3) is 0.789. The summed E-state index contributed by atoms with van der Waals surface area (Å²) in [5, 5.41) is 22.7. The van der Waals surface area contributed by atoms with E-state index in [9.17, 15) is 19.8 Å². The summed E-state index contributed by atoms with van der Waals surface area (Å²) in [4.78, 5) is 25.7. The maximum absolute atomic E-state index is 13.1. The van der Waals surface area contributed by atoms with Crippen molar-refractivity contribution in [2.24, 2.45) is 10.8 Å².